The Kier molecular flexibility index (Phi) is 4.20. The number of carbonyl (C=O) groups excluding carboxylic acids is 1. The van der Waals surface area contributed by atoms with Crippen LogP contribution < -0.4 is 10.2 Å². The molecular formula is C16H16BrN3O. The first kappa shape index (κ1) is 14.1. The van der Waals surface area contributed by atoms with Gasteiger partial charge in [-0.3, -0.25) is 4.79 Å². The fraction of sp³-hybridized carbons (Fsp3) is 0.250. The topological polar surface area (TPSA) is 45.2 Å². The van der Waals surface area contributed by atoms with Gasteiger partial charge < -0.3 is 10.2 Å². The molecule has 1 fully saturated rings. The molecule has 0 unspecified atom stereocenters. The van der Waals surface area contributed by atoms with E-state index in [9.17, 15) is 4.79 Å². The van der Waals surface area contributed by atoms with Gasteiger partial charge in [-0.25, -0.2) is 4.98 Å². The number of nitrogens with one attached hydrogen (secondary N) is 1. The lowest BCUT2D eigenvalue weighted by Crippen LogP contribution is -2.17. The number of nitrogens with zero attached hydrogens (tertiary/aromatic N) is 2. The van der Waals surface area contributed by atoms with Crippen molar-refractivity contribution in [2.75, 3.05) is 23.3 Å². The van der Waals surface area contributed by atoms with E-state index >= 15 is 0 Å². The molecule has 1 aromatic heterocycles. The number of aromatic nitrogens is 1. The van der Waals surface area contributed by atoms with Crippen molar-refractivity contribution in [2.24, 2.45) is 0 Å². The third-order valence-corrected chi connectivity index (χ3v) is 4.06. The van der Waals surface area contributed by atoms with Gasteiger partial charge in [0.25, 0.3) is 5.91 Å². The van der Waals surface area contributed by atoms with Crippen LogP contribution in [0.1, 0.15) is 23.2 Å². The summed E-state index contributed by atoms with van der Waals surface area (Å²) in [5, 5.41) is 2.88. The first-order valence-corrected chi connectivity index (χ1v) is 7.79. The van der Waals surface area contributed by atoms with Crippen molar-refractivity contribution in [1.29, 1.82) is 0 Å². The Morgan fingerprint density at radius 2 is 1.81 bits per heavy atom. The highest BCUT2D eigenvalue weighted by Gasteiger charge is 2.12. The molecule has 0 aliphatic carbocycles. The molecule has 0 spiro atoms. The molecule has 1 saturated heterocycles. The predicted octanol–water partition coefficient (Wildman–Crippen LogP) is 3.70. The molecule has 1 aromatic carbocycles. The maximum absolute atomic E-state index is 12.1. The Morgan fingerprint density at radius 3 is 2.43 bits per heavy atom. The Bertz CT molecular complexity index is 619. The molecule has 1 aliphatic rings. The van der Waals surface area contributed by atoms with Crippen LogP contribution >= 0.6 is 15.9 Å². The van der Waals surface area contributed by atoms with E-state index < -0.39 is 0 Å². The van der Waals surface area contributed by atoms with E-state index in [1.54, 1.807) is 18.3 Å². The minimum atomic E-state index is -0.149. The molecule has 3 rings (SSSR count). The molecule has 108 valence electrons. The van der Waals surface area contributed by atoms with Gasteiger partial charge in [0.1, 0.15) is 4.60 Å². The van der Waals surface area contributed by atoms with Gasteiger partial charge in [-0.15, -0.1) is 0 Å². The number of anilines is 2. The van der Waals surface area contributed by atoms with Gasteiger partial charge >= 0.3 is 0 Å². The zero-order chi connectivity index (χ0) is 14.7. The highest BCUT2D eigenvalue weighted by atomic mass is 79.9. The molecule has 1 aliphatic heterocycles. The molecule has 0 bridgehead atoms. The van der Waals surface area contributed by atoms with Crippen molar-refractivity contribution in [3.63, 3.8) is 0 Å². The zero-order valence-corrected chi connectivity index (χ0v) is 13.1. The Hall–Kier alpha value is -1.88. The molecule has 0 radical (unpaired) electrons. The van der Waals surface area contributed by atoms with Crippen molar-refractivity contribution in [1.82, 2.24) is 4.98 Å². The van der Waals surface area contributed by atoms with Crippen molar-refractivity contribution >= 4 is 33.2 Å². The minimum Gasteiger partial charge on any atom is -0.372 e. The van der Waals surface area contributed by atoms with Crippen molar-refractivity contribution in [3.8, 4) is 0 Å². The molecule has 0 atom stereocenters. The van der Waals surface area contributed by atoms with Gasteiger partial charge in [0.2, 0.25) is 0 Å². The van der Waals surface area contributed by atoms with E-state index in [-0.39, 0.29) is 5.91 Å². The summed E-state index contributed by atoms with van der Waals surface area (Å²) in [7, 11) is 0. The van der Waals surface area contributed by atoms with Gasteiger partial charge in [0.15, 0.2) is 0 Å². The van der Waals surface area contributed by atoms with E-state index in [1.165, 1.54) is 18.5 Å². The van der Waals surface area contributed by atoms with Crippen LogP contribution in [0.2, 0.25) is 0 Å². The average molecular weight is 346 g/mol. The van der Waals surface area contributed by atoms with Gasteiger partial charge in [0, 0.05) is 30.7 Å². The fourth-order valence-electron chi connectivity index (χ4n) is 2.44. The second kappa shape index (κ2) is 6.26. The highest BCUT2D eigenvalue weighted by molar-refractivity contribution is 9.10. The molecule has 0 saturated carbocycles. The van der Waals surface area contributed by atoms with E-state index in [2.05, 4.69) is 43.3 Å². The second-order valence-electron chi connectivity index (χ2n) is 5.06. The van der Waals surface area contributed by atoms with E-state index in [0.717, 1.165) is 18.8 Å². The maximum atomic E-state index is 12.1. The van der Waals surface area contributed by atoms with Crippen LogP contribution in [0.15, 0.2) is 47.2 Å². The number of rotatable bonds is 3. The van der Waals surface area contributed by atoms with Crippen LogP contribution in [0, 0.1) is 0 Å². The Labute approximate surface area is 132 Å². The van der Waals surface area contributed by atoms with Crippen LogP contribution in [0.3, 0.4) is 0 Å². The van der Waals surface area contributed by atoms with E-state index in [0.29, 0.717) is 10.2 Å². The van der Waals surface area contributed by atoms with Crippen LogP contribution in [-0.4, -0.2) is 24.0 Å². The summed E-state index contributed by atoms with van der Waals surface area (Å²) in [5.74, 6) is -0.149. The number of hydrogen-bond acceptors (Lipinski definition) is 3. The summed E-state index contributed by atoms with van der Waals surface area (Å²) in [4.78, 5) is 18.5. The van der Waals surface area contributed by atoms with Gasteiger partial charge in [-0.1, -0.05) is 0 Å². The smallest absolute Gasteiger partial charge is 0.257 e. The van der Waals surface area contributed by atoms with Crippen LogP contribution in [0.25, 0.3) is 0 Å². The van der Waals surface area contributed by atoms with Crippen molar-refractivity contribution in [3.05, 3.63) is 52.8 Å². The van der Waals surface area contributed by atoms with E-state index in [1.807, 2.05) is 12.1 Å². The molecule has 1 N–H and O–H groups in total. The molecule has 4 nitrogen and oxygen atoms in total. The lowest BCUT2D eigenvalue weighted by molar-refractivity contribution is 0.102. The fourth-order valence-corrected chi connectivity index (χ4v) is 2.68. The third-order valence-electron chi connectivity index (χ3n) is 3.59. The maximum Gasteiger partial charge on any atom is 0.257 e. The standard InChI is InChI=1S/C16H16BrN3O/c17-15-8-3-12(11-18-15)16(21)19-13-4-6-14(7-5-13)20-9-1-2-10-20/h3-8,11H,1-2,9-10H2,(H,19,21). The lowest BCUT2D eigenvalue weighted by Gasteiger charge is -2.17. The van der Waals surface area contributed by atoms with Crippen molar-refractivity contribution < 1.29 is 4.79 Å². The number of halogens is 1. The molecular weight excluding hydrogens is 330 g/mol. The van der Waals surface area contributed by atoms with Gasteiger partial charge in [0.05, 0.1) is 5.56 Å². The second-order valence-corrected chi connectivity index (χ2v) is 5.88. The molecule has 5 heteroatoms. The normalized spacial score (nSPS) is 14.2. The molecule has 1 amide bonds. The Balaban J connectivity index is 1.67. The SMILES string of the molecule is O=C(Nc1ccc(N2CCCC2)cc1)c1ccc(Br)nc1. The summed E-state index contributed by atoms with van der Waals surface area (Å²) in [6.07, 6.45) is 4.07. The summed E-state index contributed by atoms with van der Waals surface area (Å²) in [6, 6.07) is 11.5. The lowest BCUT2D eigenvalue weighted by atomic mass is 10.2. The zero-order valence-electron chi connectivity index (χ0n) is 11.6. The van der Waals surface area contributed by atoms with Crippen LogP contribution in [-0.2, 0) is 0 Å². The summed E-state index contributed by atoms with van der Waals surface area (Å²) >= 11 is 3.25. The monoisotopic (exact) mass is 345 g/mol. The number of hydrogen-bond donors (Lipinski definition) is 1. The van der Waals surface area contributed by atoms with E-state index in [4.69, 9.17) is 0 Å². The average Bonchev–Trinajstić information content (AvgIpc) is 3.03. The largest absolute Gasteiger partial charge is 0.372 e. The predicted molar refractivity (Wildman–Crippen MR) is 87.8 cm³/mol. The number of pyridine rings is 1. The summed E-state index contributed by atoms with van der Waals surface area (Å²) < 4.78 is 0.717. The minimum absolute atomic E-state index is 0.149. The number of amides is 1. The summed E-state index contributed by atoms with van der Waals surface area (Å²) in [5.41, 5.74) is 2.56. The Morgan fingerprint density at radius 1 is 1.10 bits per heavy atom. The van der Waals surface area contributed by atoms with Crippen LogP contribution in [0.4, 0.5) is 11.4 Å². The highest BCUT2D eigenvalue weighted by Crippen LogP contribution is 2.22. The van der Waals surface area contributed by atoms with Gasteiger partial charge in [-0.2, -0.15) is 0 Å². The van der Waals surface area contributed by atoms with Crippen LogP contribution in [0.5, 0.6) is 0 Å². The first-order valence-electron chi connectivity index (χ1n) is 7.00. The molecule has 2 heterocycles. The van der Waals surface area contributed by atoms with Gasteiger partial charge in [-0.05, 0) is 65.2 Å². The molecule has 2 aromatic rings. The quantitative estimate of drug-likeness (QED) is 0.862. The number of carbonyl (C=O) groups is 1. The first-order chi connectivity index (χ1) is 10.2. The summed E-state index contributed by atoms with van der Waals surface area (Å²) in [6.45, 7) is 2.24. The number of benzene rings is 1. The molecule has 21 heavy (non-hydrogen) atoms. The third kappa shape index (κ3) is 3.42. The van der Waals surface area contributed by atoms with Crippen molar-refractivity contribution in [2.45, 2.75) is 12.8 Å².